The third kappa shape index (κ3) is 15.7. The van der Waals surface area contributed by atoms with Crippen LogP contribution in [0.15, 0.2) is 60.1 Å². The zero-order valence-corrected chi connectivity index (χ0v) is 41.8. The second-order valence-electron chi connectivity index (χ2n) is 18.0. The number of aromatic nitrogens is 1. The predicted molar refractivity (Wildman–Crippen MR) is 263 cm³/mol. The van der Waals surface area contributed by atoms with Crippen LogP contribution in [0.4, 0.5) is 24.5 Å². The van der Waals surface area contributed by atoms with Crippen molar-refractivity contribution in [3.8, 4) is 10.4 Å². The lowest BCUT2D eigenvalue weighted by Gasteiger charge is -2.35. The summed E-state index contributed by atoms with van der Waals surface area (Å²) in [5, 5.41) is 22.4. The fraction of sp³-hybridized carbons (Fsp3) is 0.490. The lowest BCUT2D eigenvalue weighted by Crippen LogP contribution is -2.57. The van der Waals surface area contributed by atoms with Gasteiger partial charge in [-0.25, -0.2) is 23.6 Å². The van der Waals surface area contributed by atoms with Crippen molar-refractivity contribution < 1.29 is 42.3 Å². The van der Waals surface area contributed by atoms with Crippen molar-refractivity contribution >= 4 is 68.9 Å². The quantitative estimate of drug-likeness (QED) is 0.0228. The first-order valence-corrected chi connectivity index (χ1v) is 24.8. The fourth-order valence-electron chi connectivity index (χ4n) is 7.82. The summed E-state index contributed by atoms with van der Waals surface area (Å²) in [6.45, 7) is 11.1. The topological polar surface area (TPSA) is 174 Å². The summed E-state index contributed by atoms with van der Waals surface area (Å²) in [5.41, 5.74) is 5.47. The van der Waals surface area contributed by atoms with E-state index in [9.17, 15) is 37.5 Å². The Bertz CT molecular complexity index is 2300. The van der Waals surface area contributed by atoms with Crippen molar-refractivity contribution in [3.63, 3.8) is 0 Å². The van der Waals surface area contributed by atoms with Crippen molar-refractivity contribution in [2.24, 2.45) is 5.41 Å². The van der Waals surface area contributed by atoms with Crippen molar-refractivity contribution in [2.45, 2.75) is 123 Å². The van der Waals surface area contributed by atoms with Gasteiger partial charge in [-0.2, -0.15) is 0 Å². The highest BCUT2D eigenvalue weighted by atomic mass is 127. The van der Waals surface area contributed by atoms with E-state index in [1.165, 1.54) is 17.0 Å². The number of carbonyl (C=O) groups excluding carboxylic acids is 4. The number of amides is 4. The molecule has 3 aromatic carbocycles. The average Bonchev–Trinajstić information content (AvgIpc) is 3.90. The van der Waals surface area contributed by atoms with Gasteiger partial charge in [0, 0.05) is 23.0 Å². The zero-order valence-electron chi connectivity index (χ0n) is 38.8. The van der Waals surface area contributed by atoms with Crippen LogP contribution in [0.2, 0.25) is 0 Å². The highest BCUT2D eigenvalue weighted by Gasteiger charge is 2.44. The molecular weight excluding hydrogens is 999 g/mol. The van der Waals surface area contributed by atoms with E-state index >= 15 is 0 Å². The highest BCUT2D eigenvalue weighted by molar-refractivity contribution is 14.1. The second-order valence-corrected chi connectivity index (χ2v) is 20.1. The van der Waals surface area contributed by atoms with Crippen LogP contribution in [0.1, 0.15) is 120 Å². The van der Waals surface area contributed by atoms with E-state index in [-0.39, 0.29) is 61.0 Å². The monoisotopic (exact) mass is 1060 g/mol. The van der Waals surface area contributed by atoms with Gasteiger partial charge in [0.2, 0.25) is 17.7 Å². The van der Waals surface area contributed by atoms with Crippen LogP contribution >= 0.6 is 33.9 Å². The van der Waals surface area contributed by atoms with Crippen LogP contribution in [0.25, 0.3) is 10.4 Å². The molecular formula is C49H63F3IN7O6S. The lowest BCUT2D eigenvalue weighted by molar-refractivity contribution is -0.144. The van der Waals surface area contributed by atoms with Crippen LogP contribution < -0.4 is 26.7 Å². The van der Waals surface area contributed by atoms with E-state index in [0.717, 1.165) is 78.9 Å². The summed E-state index contributed by atoms with van der Waals surface area (Å²) in [7, 11) is 0. The SMILES string of the molecule is Cc1ncsc1-c1ccc(C(C)NC(=O)C2CC(O)CN2C(=O)C(NC(=O)CCCCCCCCCNCCCONC(=O)c2ccc(F)c(F)c2Nc2ccc(I)cc2F)C(C)(C)C)cc1. The van der Waals surface area contributed by atoms with Gasteiger partial charge in [0.05, 0.1) is 51.8 Å². The molecule has 4 unspecified atom stereocenters. The van der Waals surface area contributed by atoms with Gasteiger partial charge in [-0.1, -0.05) is 77.1 Å². The van der Waals surface area contributed by atoms with E-state index < -0.39 is 52.6 Å². The second kappa shape index (κ2) is 25.7. The first kappa shape index (κ1) is 53.3. The van der Waals surface area contributed by atoms with Crippen LogP contribution in [-0.4, -0.2) is 83.0 Å². The number of aryl methyl sites for hydroxylation is 1. The molecule has 4 amide bonds. The molecule has 0 aliphatic carbocycles. The Morgan fingerprint density at radius 1 is 0.910 bits per heavy atom. The first-order chi connectivity index (χ1) is 31.9. The van der Waals surface area contributed by atoms with Gasteiger partial charge >= 0.3 is 0 Å². The van der Waals surface area contributed by atoms with E-state index in [1.54, 1.807) is 17.4 Å². The van der Waals surface area contributed by atoms with Gasteiger partial charge in [0.15, 0.2) is 11.6 Å². The third-order valence-electron chi connectivity index (χ3n) is 11.6. The number of nitrogens with one attached hydrogen (secondary N) is 5. The van der Waals surface area contributed by atoms with Crippen LogP contribution in [0, 0.1) is 33.4 Å². The van der Waals surface area contributed by atoms with Gasteiger partial charge in [-0.05, 0) is 116 Å². The number of anilines is 2. The molecule has 4 aromatic rings. The molecule has 1 aliphatic rings. The number of likely N-dealkylation sites (tertiary alicyclic amines) is 1. The molecule has 6 N–H and O–H groups in total. The number of aliphatic hydroxyl groups is 1. The van der Waals surface area contributed by atoms with Gasteiger partial charge in [-0.3, -0.25) is 24.0 Å². The predicted octanol–water partition coefficient (Wildman–Crippen LogP) is 9.02. The number of hydroxylamine groups is 1. The number of hydrogen-bond donors (Lipinski definition) is 6. The maximum absolute atomic E-state index is 14.7. The maximum atomic E-state index is 14.7. The molecule has 18 heteroatoms. The van der Waals surface area contributed by atoms with E-state index in [4.69, 9.17) is 4.84 Å². The number of benzene rings is 3. The molecule has 0 radical (unpaired) electrons. The number of halogens is 4. The standard InChI is InChI=1S/C49H63F3IN7O6S/c1-30(32-15-17-33(18-16-32)44-31(2)55-29-67-44)56-47(64)40-27-35(61)28-60(40)48(65)45(49(3,4)5)58-41(62)14-11-9-7-6-8-10-12-23-54-24-13-25-66-59-46(63)36-20-21-37(50)42(52)43(36)57-39-22-19-34(53)26-38(39)51/h15-22,26,29-30,35,40,45,54,57,61H,6-14,23-25,27-28H2,1-5H3,(H,56,64)(H,58,62)(H,59,63). The average molecular weight is 1060 g/mol. The van der Waals surface area contributed by atoms with Crippen LogP contribution in [0.3, 0.4) is 0 Å². The van der Waals surface area contributed by atoms with Gasteiger partial charge in [0.1, 0.15) is 17.9 Å². The molecule has 1 fully saturated rings. The summed E-state index contributed by atoms with van der Waals surface area (Å²) < 4.78 is 43.7. The molecule has 1 saturated heterocycles. The Morgan fingerprint density at radius 2 is 1.60 bits per heavy atom. The molecule has 4 atom stereocenters. The molecule has 5 rings (SSSR count). The molecule has 0 bridgehead atoms. The molecule has 0 spiro atoms. The molecule has 67 heavy (non-hydrogen) atoms. The largest absolute Gasteiger partial charge is 0.391 e. The highest BCUT2D eigenvalue weighted by Crippen LogP contribution is 2.31. The minimum Gasteiger partial charge on any atom is -0.391 e. The number of unbranched alkanes of at least 4 members (excludes halogenated alkanes) is 6. The zero-order chi connectivity index (χ0) is 48.7. The Kier molecular flexibility index (Phi) is 20.4. The van der Waals surface area contributed by atoms with Crippen molar-refractivity contribution in [2.75, 3.05) is 31.6 Å². The lowest BCUT2D eigenvalue weighted by atomic mass is 9.85. The van der Waals surface area contributed by atoms with Crippen LogP contribution in [0.5, 0.6) is 0 Å². The number of β-amino-alcohol motifs (C(OH)–C–C–N with tert-alkyl or cyclic N) is 1. The molecule has 2 heterocycles. The molecule has 0 saturated carbocycles. The van der Waals surface area contributed by atoms with Crippen molar-refractivity contribution in [1.82, 2.24) is 31.3 Å². The number of aliphatic hydroxyl groups excluding tert-OH is 1. The third-order valence-corrected chi connectivity index (χ3v) is 13.3. The smallest absolute Gasteiger partial charge is 0.277 e. The summed E-state index contributed by atoms with van der Waals surface area (Å²) in [5.74, 6) is -4.96. The Labute approximate surface area is 408 Å². The van der Waals surface area contributed by atoms with Gasteiger partial charge < -0.3 is 31.3 Å². The summed E-state index contributed by atoms with van der Waals surface area (Å²) in [4.78, 5) is 65.6. The number of nitrogens with zero attached hydrogens (tertiary/aromatic N) is 2. The fourth-order valence-corrected chi connectivity index (χ4v) is 9.09. The number of rotatable bonds is 24. The Balaban J connectivity index is 0.926. The number of hydrogen-bond acceptors (Lipinski definition) is 10. The number of thiazole rings is 1. The Morgan fingerprint density at radius 3 is 2.27 bits per heavy atom. The summed E-state index contributed by atoms with van der Waals surface area (Å²) in [6.07, 6.45) is 6.76. The summed E-state index contributed by atoms with van der Waals surface area (Å²) >= 11 is 3.49. The Hall–Kier alpha value is -4.63. The van der Waals surface area contributed by atoms with Gasteiger partial charge in [-0.15, -0.1) is 11.3 Å². The minimum absolute atomic E-state index is 0.00967. The van der Waals surface area contributed by atoms with Crippen molar-refractivity contribution in [1.29, 1.82) is 0 Å². The normalized spacial score (nSPS) is 15.8. The molecule has 1 aliphatic heterocycles. The molecule has 364 valence electrons. The van der Waals surface area contributed by atoms with E-state index in [0.29, 0.717) is 23.0 Å². The molecule has 13 nitrogen and oxygen atoms in total. The number of carbonyl (C=O) groups is 4. The van der Waals surface area contributed by atoms with Crippen LogP contribution in [-0.2, 0) is 19.2 Å². The van der Waals surface area contributed by atoms with E-state index in [1.807, 2.05) is 87.0 Å². The van der Waals surface area contributed by atoms with E-state index in [2.05, 4.69) is 31.7 Å². The minimum atomic E-state index is -1.32. The summed E-state index contributed by atoms with van der Waals surface area (Å²) in [6, 6.07) is 11.9. The molecule has 1 aromatic heterocycles. The van der Waals surface area contributed by atoms with Gasteiger partial charge in [0.25, 0.3) is 5.91 Å². The maximum Gasteiger partial charge on any atom is 0.277 e. The van der Waals surface area contributed by atoms with Crippen molar-refractivity contribution in [3.05, 3.63) is 98.0 Å². The first-order valence-electron chi connectivity index (χ1n) is 22.9.